The molecule has 1 aromatic heterocycles. The predicted molar refractivity (Wildman–Crippen MR) is 53.4 cm³/mol. The van der Waals surface area contributed by atoms with Crippen molar-refractivity contribution in [3.63, 3.8) is 0 Å². The van der Waals surface area contributed by atoms with Gasteiger partial charge >= 0.3 is 0 Å². The molecule has 2 rings (SSSR count). The van der Waals surface area contributed by atoms with Gasteiger partial charge in [0.1, 0.15) is 5.82 Å². The monoisotopic (exact) mass is 193 g/mol. The van der Waals surface area contributed by atoms with Crippen molar-refractivity contribution in [2.45, 2.75) is 13.0 Å². The Kier molecular flexibility index (Phi) is 2.45. The minimum atomic E-state index is -0.249. The molecule has 0 aliphatic rings. The third kappa shape index (κ3) is 1.75. The van der Waals surface area contributed by atoms with Gasteiger partial charge < -0.3 is 5.73 Å². The fraction of sp³-hybridized carbons (Fsp3) is 0.300. The maximum Gasteiger partial charge on any atom is 0.125 e. The summed E-state index contributed by atoms with van der Waals surface area (Å²) in [4.78, 5) is 0. The van der Waals surface area contributed by atoms with Gasteiger partial charge in [-0.05, 0) is 25.1 Å². The minimum absolute atomic E-state index is 0.249. The molecule has 0 unspecified atom stereocenters. The van der Waals surface area contributed by atoms with E-state index in [1.165, 1.54) is 12.1 Å². The van der Waals surface area contributed by atoms with E-state index in [0.29, 0.717) is 12.1 Å². The fourth-order valence-electron chi connectivity index (χ4n) is 1.41. The molecule has 0 atom stereocenters. The Bertz CT molecular complexity index is 436. The van der Waals surface area contributed by atoms with Crippen molar-refractivity contribution in [1.29, 1.82) is 0 Å². The van der Waals surface area contributed by atoms with E-state index in [9.17, 15) is 4.39 Å². The summed E-state index contributed by atoms with van der Waals surface area (Å²) in [7, 11) is 0. The molecule has 0 spiro atoms. The molecular formula is C10H12FN3. The standard InChI is InChI=1S/C10H12FN3/c11-9-3-2-8-7-14(5-1-4-12)13-10(8)6-9/h2-3,6-7H,1,4-5,12H2. The summed E-state index contributed by atoms with van der Waals surface area (Å²) < 4.78 is 14.6. The SMILES string of the molecule is NCCCn1cc2ccc(F)cc2n1. The first kappa shape index (κ1) is 9.15. The second kappa shape index (κ2) is 3.75. The first-order valence-electron chi connectivity index (χ1n) is 4.62. The summed E-state index contributed by atoms with van der Waals surface area (Å²) in [5, 5.41) is 5.19. The van der Waals surface area contributed by atoms with Crippen molar-refractivity contribution >= 4 is 10.9 Å². The van der Waals surface area contributed by atoms with Crippen LogP contribution in [0.25, 0.3) is 10.9 Å². The lowest BCUT2D eigenvalue weighted by atomic mass is 10.2. The topological polar surface area (TPSA) is 43.8 Å². The molecule has 0 bridgehead atoms. The Morgan fingerprint density at radius 1 is 1.43 bits per heavy atom. The maximum absolute atomic E-state index is 12.8. The molecule has 0 radical (unpaired) electrons. The van der Waals surface area contributed by atoms with Gasteiger partial charge in [0.25, 0.3) is 0 Å². The van der Waals surface area contributed by atoms with Crippen molar-refractivity contribution in [2.75, 3.05) is 6.54 Å². The molecule has 3 nitrogen and oxygen atoms in total. The van der Waals surface area contributed by atoms with E-state index < -0.39 is 0 Å². The second-order valence-electron chi connectivity index (χ2n) is 3.24. The quantitative estimate of drug-likeness (QED) is 0.803. The molecule has 74 valence electrons. The number of halogens is 1. The van der Waals surface area contributed by atoms with Gasteiger partial charge in [-0.15, -0.1) is 0 Å². The molecule has 1 heterocycles. The van der Waals surface area contributed by atoms with Crippen LogP contribution in [0.15, 0.2) is 24.4 Å². The first-order chi connectivity index (χ1) is 6.79. The Balaban J connectivity index is 2.32. The number of nitrogens with zero attached hydrogens (tertiary/aromatic N) is 2. The van der Waals surface area contributed by atoms with Gasteiger partial charge in [-0.1, -0.05) is 0 Å². The minimum Gasteiger partial charge on any atom is -0.330 e. The van der Waals surface area contributed by atoms with Gasteiger partial charge in [0.05, 0.1) is 5.52 Å². The Labute approximate surface area is 81.3 Å². The van der Waals surface area contributed by atoms with Crippen LogP contribution in [0.5, 0.6) is 0 Å². The summed E-state index contributed by atoms with van der Waals surface area (Å²) in [5.41, 5.74) is 6.09. The molecular weight excluding hydrogens is 181 g/mol. The number of hydrogen-bond donors (Lipinski definition) is 1. The maximum atomic E-state index is 12.8. The zero-order valence-electron chi connectivity index (χ0n) is 7.78. The average Bonchev–Trinajstić information content (AvgIpc) is 2.56. The number of aryl methyl sites for hydroxylation is 1. The van der Waals surface area contributed by atoms with Gasteiger partial charge in [-0.25, -0.2) is 4.39 Å². The van der Waals surface area contributed by atoms with Crippen LogP contribution in [0.2, 0.25) is 0 Å². The zero-order chi connectivity index (χ0) is 9.97. The van der Waals surface area contributed by atoms with Crippen LogP contribution >= 0.6 is 0 Å². The lowest BCUT2D eigenvalue weighted by Gasteiger charge is -1.96. The van der Waals surface area contributed by atoms with Crippen LogP contribution in [0.4, 0.5) is 4.39 Å². The van der Waals surface area contributed by atoms with Gasteiger partial charge in [0.15, 0.2) is 0 Å². The molecule has 2 aromatic rings. The highest BCUT2D eigenvalue weighted by Gasteiger charge is 2.00. The molecule has 4 heteroatoms. The normalized spacial score (nSPS) is 11.0. The van der Waals surface area contributed by atoms with Gasteiger partial charge in [0, 0.05) is 24.2 Å². The molecule has 0 aliphatic heterocycles. The smallest absolute Gasteiger partial charge is 0.125 e. The molecule has 2 N–H and O–H groups in total. The van der Waals surface area contributed by atoms with E-state index >= 15 is 0 Å². The summed E-state index contributed by atoms with van der Waals surface area (Å²) >= 11 is 0. The van der Waals surface area contributed by atoms with E-state index in [1.54, 1.807) is 10.7 Å². The lowest BCUT2D eigenvalue weighted by Crippen LogP contribution is -2.05. The second-order valence-corrected chi connectivity index (χ2v) is 3.24. The first-order valence-corrected chi connectivity index (χ1v) is 4.62. The van der Waals surface area contributed by atoms with Gasteiger partial charge in [0.2, 0.25) is 0 Å². The van der Waals surface area contributed by atoms with Crippen molar-refractivity contribution < 1.29 is 4.39 Å². The number of aromatic nitrogens is 2. The Morgan fingerprint density at radius 3 is 3.07 bits per heavy atom. The number of nitrogens with two attached hydrogens (primary N) is 1. The molecule has 14 heavy (non-hydrogen) atoms. The van der Waals surface area contributed by atoms with Crippen LogP contribution in [0.1, 0.15) is 6.42 Å². The summed E-state index contributed by atoms with van der Waals surface area (Å²) in [5.74, 6) is -0.249. The number of benzene rings is 1. The highest BCUT2D eigenvalue weighted by molar-refractivity contribution is 5.77. The molecule has 0 aliphatic carbocycles. The van der Waals surface area contributed by atoms with Crippen LogP contribution < -0.4 is 5.73 Å². The largest absolute Gasteiger partial charge is 0.330 e. The Morgan fingerprint density at radius 2 is 2.29 bits per heavy atom. The van der Waals surface area contributed by atoms with Crippen LogP contribution in [0.3, 0.4) is 0 Å². The van der Waals surface area contributed by atoms with Crippen LogP contribution in [0, 0.1) is 5.82 Å². The van der Waals surface area contributed by atoms with Crippen molar-refractivity contribution in [1.82, 2.24) is 9.78 Å². The van der Waals surface area contributed by atoms with Crippen LogP contribution in [-0.2, 0) is 6.54 Å². The number of hydrogen-bond acceptors (Lipinski definition) is 2. The summed E-state index contributed by atoms with van der Waals surface area (Å²) in [6.45, 7) is 1.43. The highest BCUT2D eigenvalue weighted by atomic mass is 19.1. The third-order valence-corrected chi connectivity index (χ3v) is 2.11. The molecule has 0 saturated carbocycles. The predicted octanol–water partition coefficient (Wildman–Crippen LogP) is 1.52. The highest BCUT2D eigenvalue weighted by Crippen LogP contribution is 2.13. The third-order valence-electron chi connectivity index (χ3n) is 2.11. The van der Waals surface area contributed by atoms with Crippen molar-refractivity contribution in [3.05, 3.63) is 30.2 Å². The fourth-order valence-corrected chi connectivity index (χ4v) is 1.41. The van der Waals surface area contributed by atoms with E-state index in [2.05, 4.69) is 5.10 Å². The van der Waals surface area contributed by atoms with Gasteiger partial charge in [-0.2, -0.15) is 5.10 Å². The summed E-state index contributed by atoms with van der Waals surface area (Å²) in [6.07, 6.45) is 2.79. The number of rotatable bonds is 3. The van der Waals surface area contributed by atoms with E-state index in [1.807, 2.05) is 6.20 Å². The molecule has 1 aromatic carbocycles. The van der Waals surface area contributed by atoms with Crippen molar-refractivity contribution in [2.24, 2.45) is 5.73 Å². The van der Waals surface area contributed by atoms with Gasteiger partial charge in [-0.3, -0.25) is 4.68 Å². The zero-order valence-corrected chi connectivity index (χ0v) is 7.78. The molecule has 0 amide bonds. The van der Waals surface area contributed by atoms with E-state index in [4.69, 9.17) is 5.73 Å². The van der Waals surface area contributed by atoms with Crippen LogP contribution in [-0.4, -0.2) is 16.3 Å². The Hall–Kier alpha value is -1.42. The average molecular weight is 193 g/mol. The van der Waals surface area contributed by atoms with E-state index in [0.717, 1.165) is 18.4 Å². The molecule has 0 saturated heterocycles. The molecule has 0 fully saturated rings. The number of fused-ring (bicyclic) bond motifs is 1. The lowest BCUT2D eigenvalue weighted by molar-refractivity contribution is 0.589. The summed E-state index contributed by atoms with van der Waals surface area (Å²) in [6, 6.07) is 4.61. The van der Waals surface area contributed by atoms with Crippen molar-refractivity contribution in [3.8, 4) is 0 Å². The van der Waals surface area contributed by atoms with E-state index in [-0.39, 0.29) is 5.82 Å².